The fourth-order valence-electron chi connectivity index (χ4n) is 3.45. The Kier molecular flexibility index (Phi) is 3.71. The molecule has 0 amide bonds. The van der Waals surface area contributed by atoms with Gasteiger partial charge in [0, 0.05) is 37.8 Å². The molecular formula is C15H23N3O. The standard InChI is InChI=1S/C15H23N3O/c1-19-14-6-4-5-13(17-14)11-18-10-9-16-15(12-18)7-2-3-8-15/h4-6,16H,2-3,7-12H2,1H3. The minimum Gasteiger partial charge on any atom is -0.481 e. The van der Waals surface area contributed by atoms with E-state index in [0.29, 0.717) is 11.4 Å². The van der Waals surface area contributed by atoms with Crippen LogP contribution in [0.2, 0.25) is 0 Å². The molecule has 19 heavy (non-hydrogen) atoms. The van der Waals surface area contributed by atoms with Crippen molar-refractivity contribution in [2.24, 2.45) is 0 Å². The predicted molar refractivity (Wildman–Crippen MR) is 75.3 cm³/mol. The van der Waals surface area contributed by atoms with E-state index in [1.165, 1.54) is 25.7 Å². The quantitative estimate of drug-likeness (QED) is 0.900. The summed E-state index contributed by atoms with van der Waals surface area (Å²) in [5.41, 5.74) is 1.49. The molecule has 1 aromatic rings. The second-order valence-electron chi connectivity index (χ2n) is 5.80. The lowest BCUT2D eigenvalue weighted by atomic mass is 9.94. The Morgan fingerprint density at radius 2 is 2.21 bits per heavy atom. The molecule has 0 atom stereocenters. The molecule has 0 aromatic carbocycles. The van der Waals surface area contributed by atoms with Crippen LogP contribution in [0, 0.1) is 0 Å². The molecule has 1 saturated heterocycles. The number of pyridine rings is 1. The van der Waals surface area contributed by atoms with Gasteiger partial charge in [0.05, 0.1) is 12.8 Å². The van der Waals surface area contributed by atoms with Gasteiger partial charge in [-0.2, -0.15) is 0 Å². The second-order valence-corrected chi connectivity index (χ2v) is 5.80. The van der Waals surface area contributed by atoms with Gasteiger partial charge in [0.15, 0.2) is 0 Å². The Morgan fingerprint density at radius 1 is 1.37 bits per heavy atom. The lowest BCUT2D eigenvalue weighted by Crippen LogP contribution is -2.58. The molecule has 1 aliphatic heterocycles. The predicted octanol–water partition coefficient (Wildman–Crippen LogP) is 1.81. The molecule has 1 saturated carbocycles. The smallest absolute Gasteiger partial charge is 0.213 e. The van der Waals surface area contributed by atoms with E-state index in [9.17, 15) is 0 Å². The molecule has 1 aliphatic carbocycles. The number of methoxy groups -OCH3 is 1. The number of nitrogens with one attached hydrogen (secondary N) is 1. The summed E-state index contributed by atoms with van der Waals surface area (Å²) >= 11 is 0. The summed E-state index contributed by atoms with van der Waals surface area (Å²) in [5, 5.41) is 3.75. The highest BCUT2D eigenvalue weighted by Crippen LogP contribution is 2.32. The van der Waals surface area contributed by atoms with Crippen LogP contribution >= 0.6 is 0 Å². The molecule has 4 heteroatoms. The maximum atomic E-state index is 5.20. The van der Waals surface area contributed by atoms with Crippen LogP contribution < -0.4 is 10.1 Å². The van der Waals surface area contributed by atoms with E-state index in [4.69, 9.17) is 4.74 Å². The first-order valence-corrected chi connectivity index (χ1v) is 7.27. The minimum atomic E-state index is 0.386. The Balaban J connectivity index is 1.65. The normalized spacial score (nSPS) is 22.8. The van der Waals surface area contributed by atoms with Crippen LogP contribution in [0.4, 0.5) is 0 Å². The number of ether oxygens (including phenoxy) is 1. The average Bonchev–Trinajstić information content (AvgIpc) is 2.87. The highest BCUT2D eigenvalue weighted by Gasteiger charge is 2.37. The van der Waals surface area contributed by atoms with Gasteiger partial charge in [-0.1, -0.05) is 18.9 Å². The molecule has 0 unspecified atom stereocenters. The number of aromatic nitrogens is 1. The third-order valence-electron chi connectivity index (χ3n) is 4.39. The van der Waals surface area contributed by atoms with Gasteiger partial charge in [-0.05, 0) is 18.9 Å². The zero-order valence-corrected chi connectivity index (χ0v) is 11.7. The second kappa shape index (κ2) is 5.47. The summed E-state index contributed by atoms with van der Waals surface area (Å²) in [4.78, 5) is 7.05. The van der Waals surface area contributed by atoms with Crippen molar-refractivity contribution in [1.82, 2.24) is 15.2 Å². The van der Waals surface area contributed by atoms with Crippen molar-refractivity contribution >= 4 is 0 Å². The molecule has 2 fully saturated rings. The average molecular weight is 261 g/mol. The van der Waals surface area contributed by atoms with E-state index in [1.807, 2.05) is 12.1 Å². The molecule has 1 N–H and O–H groups in total. The minimum absolute atomic E-state index is 0.386. The number of nitrogens with zero attached hydrogens (tertiary/aromatic N) is 2. The summed E-state index contributed by atoms with van der Waals surface area (Å²) < 4.78 is 5.20. The van der Waals surface area contributed by atoms with Crippen molar-refractivity contribution in [2.45, 2.75) is 37.8 Å². The van der Waals surface area contributed by atoms with Crippen LogP contribution in [0.15, 0.2) is 18.2 Å². The van der Waals surface area contributed by atoms with Crippen LogP contribution in [-0.4, -0.2) is 42.2 Å². The van der Waals surface area contributed by atoms with Gasteiger partial charge in [-0.3, -0.25) is 4.90 Å². The van der Waals surface area contributed by atoms with Crippen LogP contribution in [0.5, 0.6) is 5.88 Å². The Bertz CT molecular complexity index is 429. The lowest BCUT2D eigenvalue weighted by molar-refractivity contribution is 0.127. The summed E-state index contributed by atoms with van der Waals surface area (Å²) in [5.74, 6) is 0.711. The van der Waals surface area contributed by atoms with E-state index < -0.39 is 0 Å². The van der Waals surface area contributed by atoms with Crippen molar-refractivity contribution in [3.63, 3.8) is 0 Å². The maximum Gasteiger partial charge on any atom is 0.213 e. The van der Waals surface area contributed by atoms with Crippen LogP contribution in [0.1, 0.15) is 31.4 Å². The highest BCUT2D eigenvalue weighted by molar-refractivity contribution is 5.16. The molecule has 4 nitrogen and oxygen atoms in total. The zero-order chi connectivity index (χ0) is 13.1. The molecule has 2 heterocycles. The first kappa shape index (κ1) is 12.9. The third-order valence-corrected chi connectivity index (χ3v) is 4.39. The number of rotatable bonds is 3. The largest absolute Gasteiger partial charge is 0.481 e. The summed E-state index contributed by atoms with van der Waals surface area (Å²) in [6.45, 7) is 4.30. The molecule has 0 bridgehead atoms. The van der Waals surface area contributed by atoms with Crippen molar-refractivity contribution < 1.29 is 4.74 Å². The fourth-order valence-corrected chi connectivity index (χ4v) is 3.45. The molecule has 0 radical (unpaired) electrons. The summed E-state index contributed by atoms with van der Waals surface area (Å²) in [7, 11) is 1.67. The van der Waals surface area contributed by atoms with E-state index >= 15 is 0 Å². The Morgan fingerprint density at radius 3 is 3.00 bits per heavy atom. The van der Waals surface area contributed by atoms with Crippen molar-refractivity contribution in [1.29, 1.82) is 0 Å². The molecular weight excluding hydrogens is 238 g/mol. The number of piperazine rings is 1. The number of hydrogen-bond acceptors (Lipinski definition) is 4. The maximum absolute atomic E-state index is 5.20. The van der Waals surface area contributed by atoms with Crippen molar-refractivity contribution in [3.05, 3.63) is 23.9 Å². The van der Waals surface area contributed by atoms with Gasteiger partial charge in [0.2, 0.25) is 5.88 Å². The topological polar surface area (TPSA) is 37.4 Å². The van der Waals surface area contributed by atoms with Gasteiger partial charge in [0.1, 0.15) is 0 Å². The zero-order valence-electron chi connectivity index (χ0n) is 11.7. The van der Waals surface area contributed by atoms with E-state index in [1.54, 1.807) is 7.11 Å². The Labute approximate surface area is 115 Å². The van der Waals surface area contributed by atoms with Crippen LogP contribution in [0.3, 0.4) is 0 Å². The molecule has 104 valence electrons. The molecule has 1 aromatic heterocycles. The summed E-state index contributed by atoms with van der Waals surface area (Å²) in [6, 6.07) is 6.01. The van der Waals surface area contributed by atoms with Gasteiger partial charge in [0.25, 0.3) is 0 Å². The fraction of sp³-hybridized carbons (Fsp3) is 0.667. The molecule has 3 rings (SSSR count). The molecule has 1 spiro atoms. The lowest BCUT2D eigenvalue weighted by Gasteiger charge is -2.41. The van der Waals surface area contributed by atoms with Crippen molar-refractivity contribution in [3.8, 4) is 5.88 Å². The first-order valence-electron chi connectivity index (χ1n) is 7.27. The van der Waals surface area contributed by atoms with E-state index in [0.717, 1.165) is 31.9 Å². The highest BCUT2D eigenvalue weighted by atomic mass is 16.5. The van der Waals surface area contributed by atoms with Gasteiger partial charge >= 0.3 is 0 Å². The van der Waals surface area contributed by atoms with E-state index in [-0.39, 0.29) is 0 Å². The summed E-state index contributed by atoms with van der Waals surface area (Å²) in [6.07, 6.45) is 5.40. The van der Waals surface area contributed by atoms with Crippen LogP contribution in [0.25, 0.3) is 0 Å². The SMILES string of the molecule is COc1cccc(CN2CCNC3(CCCC3)C2)n1. The third kappa shape index (κ3) is 2.90. The monoisotopic (exact) mass is 261 g/mol. The first-order chi connectivity index (χ1) is 9.30. The van der Waals surface area contributed by atoms with Gasteiger partial charge in [-0.25, -0.2) is 4.98 Å². The Hall–Kier alpha value is -1.13. The number of hydrogen-bond donors (Lipinski definition) is 1. The van der Waals surface area contributed by atoms with E-state index in [2.05, 4.69) is 21.3 Å². The van der Waals surface area contributed by atoms with Gasteiger partial charge < -0.3 is 10.1 Å². The van der Waals surface area contributed by atoms with Crippen molar-refractivity contribution in [2.75, 3.05) is 26.7 Å². The van der Waals surface area contributed by atoms with Crippen LogP contribution in [-0.2, 0) is 6.54 Å². The van der Waals surface area contributed by atoms with Gasteiger partial charge in [-0.15, -0.1) is 0 Å². The molecule has 2 aliphatic rings.